The van der Waals surface area contributed by atoms with Crippen LogP contribution >= 0.6 is 11.6 Å². The number of rotatable bonds is 1. The number of hydrogen-bond acceptors (Lipinski definition) is 1. The summed E-state index contributed by atoms with van der Waals surface area (Å²) in [6.45, 7) is 0. The number of halogens is 1. The number of para-hydroxylation sites is 2. The molecule has 0 saturated carbocycles. The molecule has 0 fully saturated rings. The number of hydrogen-bond donors (Lipinski definition) is 2. The molecule has 4 aromatic rings. The van der Waals surface area contributed by atoms with Gasteiger partial charge in [-0.25, -0.2) is 4.98 Å². The highest BCUT2D eigenvalue weighted by molar-refractivity contribution is 6.36. The molecular weight excluding hydrogens is 258 g/mol. The Kier molecular flexibility index (Phi) is 2.17. The van der Waals surface area contributed by atoms with Crippen molar-refractivity contribution in [3.8, 4) is 11.4 Å². The summed E-state index contributed by atoms with van der Waals surface area (Å²) in [4.78, 5) is 11.1. The maximum Gasteiger partial charge on any atom is 0.139 e. The Labute approximate surface area is 114 Å². The average Bonchev–Trinajstić information content (AvgIpc) is 3.05. The van der Waals surface area contributed by atoms with Gasteiger partial charge in [0.15, 0.2) is 0 Å². The van der Waals surface area contributed by atoms with E-state index in [1.807, 2.05) is 48.8 Å². The fourth-order valence-electron chi connectivity index (χ4n) is 2.41. The molecule has 2 aromatic carbocycles. The Hall–Kier alpha value is -2.26. The third-order valence-corrected chi connectivity index (χ3v) is 3.66. The standard InChI is InChI=1S/C15H10ClN3/c16-12-6-5-9(10-7-17-8-11(10)12)15-18-13-3-1-2-4-14(13)19-15/h1-8,17H,(H,18,19). The Morgan fingerprint density at radius 2 is 1.79 bits per heavy atom. The normalized spacial score (nSPS) is 11.4. The molecule has 0 aliphatic rings. The third-order valence-electron chi connectivity index (χ3n) is 3.33. The largest absolute Gasteiger partial charge is 0.366 e. The molecule has 0 atom stereocenters. The number of H-pyrrole nitrogens is 2. The Balaban J connectivity index is 2.03. The van der Waals surface area contributed by atoms with Gasteiger partial charge in [0.25, 0.3) is 0 Å². The second-order valence-corrected chi connectivity index (χ2v) is 4.89. The van der Waals surface area contributed by atoms with Crippen LogP contribution in [0.25, 0.3) is 33.2 Å². The van der Waals surface area contributed by atoms with E-state index in [1.54, 1.807) is 0 Å². The summed E-state index contributed by atoms with van der Waals surface area (Å²) in [6, 6.07) is 11.9. The van der Waals surface area contributed by atoms with E-state index < -0.39 is 0 Å². The van der Waals surface area contributed by atoms with Crippen molar-refractivity contribution >= 4 is 33.4 Å². The van der Waals surface area contributed by atoms with Crippen LogP contribution in [0.4, 0.5) is 0 Å². The molecule has 19 heavy (non-hydrogen) atoms. The lowest BCUT2D eigenvalue weighted by atomic mass is 10.1. The van der Waals surface area contributed by atoms with Gasteiger partial charge >= 0.3 is 0 Å². The predicted molar refractivity (Wildman–Crippen MR) is 78.4 cm³/mol. The first kappa shape index (κ1) is 10.6. The van der Waals surface area contributed by atoms with E-state index >= 15 is 0 Å². The summed E-state index contributed by atoms with van der Waals surface area (Å²) >= 11 is 6.19. The van der Waals surface area contributed by atoms with E-state index in [-0.39, 0.29) is 0 Å². The molecule has 0 aliphatic carbocycles. The second kappa shape index (κ2) is 3.87. The van der Waals surface area contributed by atoms with Gasteiger partial charge in [-0.05, 0) is 24.3 Å². The molecule has 2 heterocycles. The average molecular weight is 268 g/mol. The molecule has 0 saturated heterocycles. The van der Waals surface area contributed by atoms with Gasteiger partial charge in [0.1, 0.15) is 5.82 Å². The van der Waals surface area contributed by atoms with Crippen LogP contribution in [0.5, 0.6) is 0 Å². The minimum Gasteiger partial charge on any atom is -0.366 e. The first-order chi connectivity index (χ1) is 9.33. The van der Waals surface area contributed by atoms with Gasteiger partial charge in [-0.2, -0.15) is 0 Å². The predicted octanol–water partition coefficient (Wildman–Crippen LogP) is 4.36. The number of aromatic amines is 2. The topological polar surface area (TPSA) is 44.5 Å². The fraction of sp³-hybridized carbons (Fsp3) is 0. The SMILES string of the molecule is Clc1ccc(-c2nc3ccccc3[nH]2)c2c[nH]cc12. The van der Waals surface area contributed by atoms with Crippen molar-refractivity contribution in [2.45, 2.75) is 0 Å². The van der Waals surface area contributed by atoms with Crippen molar-refractivity contribution in [3.05, 3.63) is 53.8 Å². The summed E-state index contributed by atoms with van der Waals surface area (Å²) < 4.78 is 0. The zero-order chi connectivity index (χ0) is 12.8. The minimum atomic E-state index is 0.746. The first-order valence-electron chi connectivity index (χ1n) is 6.03. The molecule has 3 nitrogen and oxygen atoms in total. The maximum atomic E-state index is 6.19. The lowest BCUT2D eigenvalue weighted by Crippen LogP contribution is -1.81. The number of aromatic nitrogens is 3. The highest BCUT2D eigenvalue weighted by atomic mass is 35.5. The number of nitrogens with one attached hydrogen (secondary N) is 2. The molecule has 0 radical (unpaired) electrons. The summed E-state index contributed by atoms with van der Waals surface area (Å²) in [5.74, 6) is 0.863. The zero-order valence-electron chi connectivity index (χ0n) is 9.94. The van der Waals surface area contributed by atoms with Gasteiger partial charge in [0.2, 0.25) is 0 Å². The first-order valence-corrected chi connectivity index (χ1v) is 6.41. The molecule has 0 aliphatic heterocycles. The molecule has 0 bridgehead atoms. The van der Waals surface area contributed by atoms with Crippen molar-refractivity contribution in [1.29, 1.82) is 0 Å². The fourth-order valence-corrected chi connectivity index (χ4v) is 2.63. The number of imidazole rings is 1. The molecule has 92 valence electrons. The van der Waals surface area contributed by atoms with Crippen LogP contribution in [0.2, 0.25) is 5.02 Å². The minimum absolute atomic E-state index is 0.746. The molecule has 4 rings (SSSR count). The van der Waals surface area contributed by atoms with Crippen LogP contribution in [-0.4, -0.2) is 15.0 Å². The molecular formula is C15H10ClN3. The summed E-state index contributed by atoms with van der Waals surface area (Å²) in [6.07, 6.45) is 3.85. The molecule has 0 amide bonds. The smallest absolute Gasteiger partial charge is 0.139 e. The second-order valence-electron chi connectivity index (χ2n) is 4.48. The molecule has 2 aromatic heterocycles. The van der Waals surface area contributed by atoms with Gasteiger partial charge < -0.3 is 9.97 Å². The van der Waals surface area contributed by atoms with Crippen LogP contribution in [0.1, 0.15) is 0 Å². The third kappa shape index (κ3) is 1.55. The number of nitrogens with zero attached hydrogens (tertiary/aromatic N) is 1. The number of fused-ring (bicyclic) bond motifs is 2. The zero-order valence-corrected chi connectivity index (χ0v) is 10.7. The quantitative estimate of drug-likeness (QED) is 0.529. The van der Waals surface area contributed by atoms with Crippen LogP contribution in [0, 0.1) is 0 Å². The lowest BCUT2D eigenvalue weighted by Gasteiger charge is -2.00. The van der Waals surface area contributed by atoms with Crippen LogP contribution < -0.4 is 0 Å². The monoisotopic (exact) mass is 267 g/mol. The van der Waals surface area contributed by atoms with E-state index in [0.29, 0.717) is 0 Å². The van der Waals surface area contributed by atoms with E-state index in [9.17, 15) is 0 Å². The van der Waals surface area contributed by atoms with Crippen LogP contribution in [0.3, 0.4) is 0 Å². The Bertz CT molecular complexity index is 856. The van der Waals surface area contributed by atoms with E-state index in [0.717, 1.165) is 38.2 Å². The van der Waals surface area contributed by atoms with Crippen molar-refractivity contribution < 1.29 is 0 Å². The van der Waals surface area contributed by atoms with Crippen molar-refractivity contribution in [3.63, 3.8) is 0 Å². The molecule has 0 spiro atoms. The van der Waals surface area contributed by atoms with Gasteiger partial charge in [-0.15, -0.1) is 0 Å². The summed E-state index contributed by atoms with van der Waals surface area (Å²) in [7, 11) is 0. The summed E-state index contributed by atoms with van der Waals surface area (Å²) in [5, 5.41) is 2.84. The summed E-state index contributed by atoms with van der Waals surface area (Å²) in [5.41, 5.74) is 3.06. The molecule has 0 unspecified atom stereocenters. The van der Waals surface area contributed by atoms with E-state index in [4.69, 9.17) is 11.6 Å². The highest BCUT2D eigenvalue weighted by Gasteiger charge is 2.10. The number of benzene rings is 2. The molecule has 4 heteroatoms. The van der Waals surface area contributed by atoms with Crippen molar-refractivity contribution in [2.75, 3.05) is 0 Å². The van der Waals surface area contributed by atoms with Gasteiger partial charge in [0, 0.05) is 33.8 Å². The van der Waals surface area contributed by atoms with E-state index in [2.05, 4.69) is 15.0 Å². The van der Waals surface area contributed by atoms with Crippen LogP contribution in [0.15, 0.2) is 48.8 Å². The molecule has 2 N–H and O–H groups in total. The van der Waals surface area contributed by atoms with E-state index in [1.165, 1.54) is 0 Å². The van der Waals surface area contributed by atoms with Crippen molar-refractivity contribution in [2.24, 2.45) is 0 Å². The lowest BCUT2D eigenvalue weighted by molar-refractivity contribution is 1.35. The Morgan fingerprint density at radius 3 is 2.68 bits per heavy atom. The van der Waals surface area contributed by atoms with Crippen molar-refractivity contribution in [1.82, 2.24) is 15.0 Å². The highest BCUT2D eigenvalue weighted by Crippen LogP contribution is 2.32. The Morgan fingerprint density at radius 1 is 0.947 bits per heavy atom. The van der Waals surface area contributed by atoms with Crippen LogP contribution in [-0.2, 0) is 0 Å². The van der Waals surface area contributed by atoms with Gasteiger partial charge in [-0.3, -0.25) is 0 Å². The van der Waals surface area contributed by atoms with Gasteiger partial charge in [0.05, 0.1) is 11.0 Å². The maximum absolute atomic E-state index is 6.19. The van der Waals surface area contributed by atoms with Gasteiger partial charge in [-0.1, -0.05) is 23.7 Å².